The molecule has 2 aromatic carbocycles. The molecule has 7 heteroatoms. The molecule has 1 fully saturated rings. The normalized spacial score (nSPS) is 12.9. The molecule has 0 saturated heterocycles. The van der Waals surface area contributed by atoms with Crippen molar-refractivity contribution in [1.82, 2.24) is 10.2 Å². The Morgan fingerprint density at radius 1 is 1.11 bits per heavy atom. The Bertz CT molecular complexity index is 864. The summed E-state index contributed by atoms with van der Waals surface area (Å²) in [5, 5.41) is 12.3. The van der Waals surface area contributed by atoms with Crippen molar-refractivity contribution in [1.29, 1.82) is 0 Å². The summed E-state index contributed by atoms with van der Waals surface area (Å²) in [4.78, 5) is 26.8. The van der Waals surface area contributed by atoms with E-state index in [2.05, 4.69) is 5.32 Å². The summed E-state index contributed by atoms with van der Waals surface area (Å²) in [7, 11) is 3.02. The van der Waals surface area contributed by atoms with E-state index in [1.54, 1.807) is 41.3 Å². The molecule has 1 aliphatic carbocycles. The molecule has 1 saturated carbocycles. The number of aromatic hydroxyl groups is 1. The highest BCUT2D eigenvalue weighted by molar-refractivity contribution is 5.97. The molecule has 0 bridgehead atoms. The summed E-state index contributed by atoms with van der Waals surface area (Å²) in [5.41, 5.74) is 1.24. The predicted octanol–water partition coefficient (Wildman–Crippen LogP) is 2.33. The summed E-state index contributed by atoms with van der Waals surface area (Å²) >= 11 is 0. The molecule has 2 aromatic rings. The van der Waals surface area contributed by atoms with E-state index in [0.717, 1.165) is 18.4 Å². The second kappa shape index (κ2) is 8.65. The lowest BCUT2D eigenvalue weighted by Crippen LogP contribution is -2.41. The highest BCUT2D eigenvalue weighted by atomic mass is 16.5. The minimum atomic E-state index is -0.359. The smallest absolute Gasteiger partial charge is 0.251 e. The van der Waals surface area contributed by atoms with Crippen LogP contribution in [0.4, 0.5) is 0 Å². The number of ether oxygens (including phenoxy) is 2. The van der Waals surface area contributed by atoms with Crippen LogP contribution in [0.2, 0.25) is 0 Å². The predicted molar refractivity (Wildman–Crippen MR) is 104 cm³/mol. The van der Waals surface area contributed by atoms with Gasteiger partial charge >= 0.3 is 0 Å². The Morgan fingerprint density at radius 3 is 2.50 bits per heavy atom. The number of hydrogen-bond donors (Lipinski definition) is 2. The lowest BCUT2D eigenvalue weighted by molar-refractivity contribution is -0.131. The summed E-state index contributed by atoms with van der Waals surface area (Å²) in [6.07, 6.45) is 1.91. The van der Waals surface area contributed by atoms with E-state index in [-0.39, 0.29) is 30.2 Å². The van der Waals surface area contributed by atoms with Crippen LogP contribution in [0, 0.1) is 0 Å². The number of benzene rings is 2. The lowest BCUT2D eigenvalue weighted by Gasteiger charge is -2.23. The van der Waals surface area contributed by atoms with Gasteiger partial charge in [0.05, 0.1) is 20.8 Å². The van der Waals surface area contributed by atoms with Crippen molar-refractivity contribution in [2.24, 2.45) is 0 Å². The van der Waals surface area contributed by atoms with Gasteiger partial charge in [0.25, 0.3) is 5.91 Å². The number of phenols is 1. The third-order valence-corrected chi connectivity index (χ3v) is 4.62. The fourth-order valence-corrected chi connectivity index (χ4v) is 3.00. The van der Waals surface area contributed by atoms with Crippen LogP contribution in [0.25, 0.3) is 0 Å². The fourth-order valence-electron chi connectivity index (χ4n) is 3.00. The number of rotatable bonds is 8. The molecule has 148 valence electrons. The molecule has 0 atom stereocenters. The number of hydrogen-bond acceptors (Lipinski definition) is 5. The Balaban J connectivity index is 1.62. The van der Waals surface area contributed by atoms with Crippen LogP contribution in [0.1, 0.15) is 28.8 Å². The summed E-state index contributed by atoms with van der Waals surface area (Å²) in [6, 6.07) is 11.9. The largest absolute Gasteiger partial charge is 0.508 e. The van der Waals surface area contributed by atoms with E-state index < -0.39 is 0 Å². The standard InChI is InChI=1S/C21H24N2O5/c1-27-18-9-6-15(11-19(18)28-2)21(26)22-12-20(25)23(16-7-8-16)13-14-4-3-5-17(24)10-14/h3-6,9-11,16,24H,7-8,12-13H2,1-2H3,(H,22,26). The van der Waals surface area contributed by atoms with E-state index in [4.69, 9.17) is 9.47 Å². The minimum Gasteiger partial charge on any atom is -0.508 e. The first-order chi connectivity index (χ1) is 13.5. The van der Waals surface area contributed by atoms with Gasteiger partial charge < -0.3 is 24.8 Å². The molecule has 1 aliphatic rings. The summed E-state index contributed by atoms with van der Waals surface area (Å²) in [6.45, 7) is 0.312. The van der Waals surface area contributed by atoms with E-state index in [1.165, 1.54) is 14.2 Å². The zero-order valence-electron chi connectivity index (χ0n) is 16.0. The average Bonchev–Trinajstić information content (AvgIpc) is 3.54. The maximum Gasteiger partial charge on any atom is 0.251 e. The van der Waals surface area contributed by atoms with E-state index in [9.17, 15) is 14.7 Å². The quantitative estimate of drug-likeness (QED) is 0.729. The van der Waals surface area contributed by atoms with Crippen LogP contribution in [0.5, 0.6) is 17.2 Å². The molecule has 0 spiro atoms. The maximum absolute atomic E-state index is 12.7. The number of methoxy groups -OCH3 is 2. The number of carbonyl (C=O) groups is 2. The Labute approximate surface area is 163 Å². The Kier molecular flexibility index (Phi) is 6.03. The molecule has 0 heterocycles. The molecule has 0 aromatic heterocycles. The molecule has 3 rings (SSSR count). The van der Waals surface area contributed by atoms with Gasteiger partial charge in [0.2, 0.25) is 5.91 Å². The van der Waals surface area contributed by atoms with Crippen molar-refractivity contribution >= 4 is 11.8 Å². The number of carbonyl (C=O) groups excluding carboxylic acids is 2. The molecule has 0 unspecified atom stereocenters. The van der Waals surface area contributed by atoms with Crippen LogP contribution in [-0.4, -0.2) is 48.6 Å². The van der Waals surface area contributed by atoms with Gasteiger partial charge in [0.1, 0.15) is 5.75 Å². The fraction of sp³-hybridized carbons (Fsp3) is 0.333. The van der Waals surface area contributed by atoms with Crippen LogP contribution in [0.15, 0.2) is 42.5 Å². The monoisotopic (exact) mass is 384 g/mol. The van der Waals surface area contributed by atoms with Crippen LogP contribution >= 0.6 is 0 Å². The highest BCUT2D eigenvalue weighted by Crippen LogP contribution is 2.29. The van der Waals surface area contributed by atoms with Gasteiger partial charge in [0, 0.05) is 18.2 Å². The lowest BCUT2D eigenvalue weighted by atomic mass is 10.2. The zero-order valence-corrected chi connectivity index (χ0v) is 16.0. The van der Waals surface area contributed by atoms with E-state index in [0.29, 0.717) is 23.6 Å². The van der Waals surface area contributed by atoms with Crippen molar-refractivity contribution in [2.45, 2.75) is 25.4 Å². The molecule has 0 aliphatic heterocycles. The minimum absolute atomic E-state index is 0.0947. The van der Waals surface area contributed by atoms with Crippen molar-refractivity contribution in [3.8, 4) is 17.2 Å². The summed E-state index contributed by atoms with van der Waals surface area (Å²) < 4.78 is 10.4. The van der Waals surface area contributed by atoms with E-state index in [1.807, 2.05) is 6.07 Å². The third-order valence-electron chi connectivity index (χ3n) is 4.62. The van der Waals surface area contributed by atoms with Crippen LogP contribution in [-0.2, 0) is 11.3 Å². The van der Waals surface area contributed by atoms with Crippen molar-refractivity contribution in [2.75, 3.05) is 20.8 Å². The second-order valence-corrected chi connectivity index (χ2v) is 6.68. The van der Waals surface area contributed by atoms with Gasteiger partial charge in [-0.15, -0.1) is 0 Å². The number of nitrogens with zero attached hydrogens (tertiary/aromatic N) is 1. The molecule has 28 heavy (non-hydrogen) atoms. The van der Waals surface area contributed by atoms with Gasteiger partial charge in [-0.1, -0.05) is 12.1 Å². The topological polar surface area (TPSA) is 88.1 Å². The first kappa shape index (κ1) is 19.5. The van der Waals surface area contributed by atoms with Crippen LogP contribution in [0.3, 0.4) is 0 Å². The van der Waals surface area contributed by atoms with Crippen molar-refractivity contribution in [3.63, 3.8) is 0 Å². The summed E-state index contributed by atoms with van der Waals surface area (Å²) in [5.74, 6) is 0.635. The molecule has 7 nitrogen and oxygen atoms in total. The maximum atomic E-state index is 12.7. The highest BCUT2D eigenvalue weighted by Gasteiger charge is 2.32. The van der Waals surface area contributed by atoms with Gasteiger partial charge in [-0.3, -0.25) is 9.59 Å². The van der Waals surface area contributed by atoms with E-state index >= 15 is 0 Å². The van der Waals surface area contributed by atoms with Gasteiger partial charge in [-0.2, -0.15) is 0 Å². The van der Waals surface area contributed by atoms with Crippen molar-refractivity contribution < 1.29 is 24.2 Å². The Hall–Kier alpha value is -3.22. The van der Waals surface area contributed by atoms with Crippen LogP contribution < -0.4 is 14.8 Å². The number of amides is 2. The first-order valence-corrected chi connectivity index (χ1v) is 9.09. The first-order valence-electron chi connectivity index (χ1n) is 9.09. The molecule has 2 amide bonds. The Morgan fingerprint density at radius 2 is 1.86 bits per heavy atom. The SMILES string of the molecule is COc1ccc(C(=O)NCC(=O)N(Cc2cccc(O)c2)C2CC2)cc1OC. The van der Waals surface area contributed by atoms with Crippen molar-refractivity contribution in [3.05, 3.63) is 53.6 Å². The number of phenolic OH excluding ortho intramolecular Hbond substituents is 1. The second-order valence-electron chi connectivity index (χ2n) is 6.68. The van der Waals surface area contributed by atoms with Gasteiger partial charge in [0.15, 0.2) is 11.5 Å². The molecular weight excluding hydrogens is 360 g/mol. The average molecular weight is 384 g/mol. The molecule has 0 radical (unpaired) electrons. The number of nitrogens with one attached hydrogen (secondary N) is 1. The molecular formula is C21H24N2O5. The molecule has 2 N–H and O–H groups in total. The third kappa shape index (κ3) is 4.73. The zero-order chi connectivity index (χ0) is 20.1. The van der Waals surface area contributed by atoms with Gasteiger partial charge in [-0.25, -0.2) is 0 Å². The van der Waals surface area contributed by atoms with Gasteiger partial charge in [-0.05, 0) is 48.7 Å².